The second-order valence-corrected chi connectivity index (χ2v) is 15.2. The van der Waals surface area contributed by atoms with Gasteiger partial charge < -0.3 is 29.2 Å². The molecule has 6 atom stereocenters. The SMILES string of the molecule is C=CCCC1CC1(C)OC(=O)NC(C(=O)N1CC(Oc2nc3cc(OC)ccc3nc2C(F)(F)C=C)C(CC)C1C(=O)OCC(C)C)C(C)(C)C. The molecule has 1 aliphatic carbocycles. The van der Waals surface area contributed by atoms with Crippen molar-refractivity contribution in [3.63, 3.8) is 0 Å². The molecular formula is C38H52F2N4O7. The van der Waals surface area contributed by atoms with E-state index in [0.29, 0.717) is 24.7 Å². The Bertz CT molecular complexity index is 1630. The molecule has 2 aromatic rings. The monoisotopic (exact) mass is 714 g/mol. The number of esters is 1. The van der Waals surface area contributed by atoms with Crippen LogP contribution in [0, 0.1) is 23.2 Å². The molecule has 1 saturated heterocycles. The molecule has 1 N–H and O–H groups in total. The molecule has 51 heavy (non-hydrogen) atoms. The minimum absolute atomic E-state index is 0.0121. The highest BCUT2D eigenvalue weighted by atomic mass is 19.3. The number of aromatic nitrogens is 2. The molecule has 2 heterocycles. The van der Waals surface area contributed by atoms with Gasteiger partial charge in [0.25, 0.3) is 0 Å². The molecule has 0 radical (unpaired) electrons. The molecule has 1 saturated carbocycles. The Kier molecular flexibility index (Phi) is 12.0. The van der Waals surface area contributed by atoms with Crippen molar-refractivity contribution >= 4 is 29.0 Å². The summed E-state index contributed by atoms with van der Waals surface area (Å²) < 4.78 is 53.6. The summed E-state index contributed by atoms with van der Waals surface area (Å²) in [7, 11) is 1.47. The minimum Gasteiger partial charge on any atom is -0.497 e. The number of nitrogens with one attached hydrogen (secondary N) is 1. The van der Waals surface area contributed by atoms with Crippen molar-refractivity contribution in [3.05, 3.63) is 49.2 Å². The lowest BCUT2D eigenvalue weighted by Gasteiger charge is -2.35. The molecule has 1 aromatic heterocycles. The molecule has 2 fully saturated rings. The number of rotatable bonds is 15. The van der Waals surface area contributed by atoms with Crippen LogP contribution in [-0.4, -0.2) is 76.9 Å². The van der Waals surface area contributed by atoms with Crippen molar-refractivity contribution in [2.24, 2.45) is 23.2 Å². The number of amides is 2. The Labute approximate surface area is 299 Å². The number of benzene rings is 1. The molecule has 2 aliphatic rings. The van der Waals surface area contributed by atoms with E-state index in [1.54, 1.807) is 32.9 Å². The van der Waals surface area contributed by atoms with Gasteiger partial charge in [-0.3, -0.25) is 4.79 Å². The van der Waals surface area contributed by atoms with Crippen LogP contribution < -0.4 is 14.8 Å². The fourth-order valence-electron chi connectivity index (χ4n) is 6.49. The number of likely N-dealkylation sites (tertiary alicyclic amines) is 1. The smallest absolute Gasteiger partial charge is 0.408 e. The Morgan fingerprint density at radius 2 is 1.86 bits per heavy atom. The maximum atomic E-state index is 15.3. The Balaban J connectivity index is 1.70. The van der Waals surface area contributed by atoms with Crippen LogP contribution in [0.2, 0.25) is 0 Å². The molecule has 13 heteroatoms. The van der Waals surface area contributed by atoms with E-state index in [9.17, 15) is 14.4 Å². The second-order valence-electron chi connectivity index (χ2n) is 15.2. The van der Waals surface area contributed by atoms with Gasteiger partial charge in [0.2, 0.25) is 11.8 Å². The van der Waals surface area contributed by atoms with Gasteiger partial charge in [-0.2, -0.15) is 8.78 Å². The Morgan fingerprint density at radius 1 is 1.16 bits per heavy atom. The average Bonchev–Trinajstić information content (AvgIpc) is 3.56. The van der Waals surface area contributed by atoms with Crippen LogP contribution in [0.3, 0.4) is 0 Å². The van der Waals surface area contributed by atoms with E-state index >= 15 is 8.78 Å². The number of hydrogen-bond donors (Lipinski definition) is 1. The number of alkyl carbamates (subject to hydrolysis) is 1. The third-order valence-corrected chi connectivity index (χ3v) is 9.60. The van der Waals surface area contributed by atoms with Gasteiger partial charge in [-0.05, 0) is 62.1 Å². The third-order valence-electron chi connectivity index (χ3n) is 9.60. The fourth-order valence-corrected chi connectivity index (χ4v) is 6.49. The number of halogens is 2. The van der Waals surface area contributed by atoms with Gasteiger partial charge in [-0.1, -0.05) is 54.2 Å². The molecular weight excluding hydrogens is 662 g/mol. The standard InChI is InChI=1S/C38H52F2N4O7/c1-11-14-15-23-19-37(23,9)51-35(47)43-31(36(6,7)8)33(45)44-20-28(25(12-2)29(44)34(46)49-21-22(4)5)50-32-30(38(39,40)13-3)41-26-17-16-24(48-10)18-27(26)42-32/h11,13,16-18,22-23,25,28-29,31H,1,3,12,14-15,19-21H2,2,4-10H3,(H,43,47). The van der Waals surface area contributed by atoms with Gasteiger partial charge in [0.15, 0.2) is 5.69 Å². The van der Waals surface area contributed by atoms with Crippen LogP contribution in [0.25, 0.3) is 11.0 Å². The van der Waals surface area contributed by atoms with Crippen molar-refractivity contribution in [1.82, 2.24) is 20.2 Å². The maximum absolute atomic E-state index is 15.3. The molecule has 0 bridgehead atoms. The van der Waals surface area contributed by atoms with Gasteiger partial charge in [-0.15, -0.1) is 6.58 Å². The van der Waals surface area contributed by atoms with Crippen molar-refractivity contribution in [1.29, 1.82) is 0 Å². The maximum Gasteiger partial charge on any atom is 0.408 e. The molecule has 2 amide bonds. The first-order valence-corrected chi connectivity index (χ1v) is 17.5. The predicted molar refractivity (Wildman–Crippen MR) is 188 cm³/mol. The number of ether oxygens (including phenoxy) is 4. The molecule has 6 unspecified atom stereocenters. The number of nitrogens with zero attached hydrogens (tertiary/aromatic N) is 3. The first kappa shape index (κ1) is 39.5. The van der Waals surface area contributed by atoms with E-state index in [2.05, 4.69) is 28.4 Å². The zero-order valence-electron chi connectivity index (χ0n) is 31.0. The highest BCUT2D eigenvalue weighted by Gasteiger charge is 2.55. The number of fused-ring (bicyclic) bond motifs is 1. The first-order chi connectivity index (χ1) is 23.9. The van der Waals surface area contributed by atoms with Gasteiger partial charge in [0, 0.05) is 17.9 Å². The normalized spacial score (nSPS) is 23.8. The quantitative estimate of drug-likeness (QED) is 0.153. The van der Waals surface area contributed by atoms with Crippen molar-refractivity contribution in [3.8, 4) is 11.6 Å². The van der Waals surface area contributed by atoms with Gasteiger partial charge in [0.05, 0.1) is 31.3 Å². The molecule has 4 rings (SSSR count). The number of carbonyl (C=O) groups excluding carboxylic acids is 3. The van der Waals surface area contributed by atoms with E-state index in [1.807, 2.05) is 33.8 Å². The summed E-state index contributed by atoms with van der Waals surface area (Å²) in [6.07, 6.45) is 3.20. The zero-order valence-corrected chi connectivity index (χ0v) is 31.0. The molecule has 0 spiro atoms. The number of carbonyl (C=O) groups is 3. The van der Waals surface area contributed by atoms with E-state index in [-0.39, 0.29) is 36.0 Å². The summed E-state index contributed by atoms with van der Waals surface area (Å²) in [5.41, 5.74) is -1.81. The molecule has 280 valence electrons. The summed E-state index contributed by atoms with van der Waals surface area (Å²) in [5.74, 6) is -5.37. The predicted octanol–water partition coefficient (Wildman–Crippen LogP) is 6.99. The minimum atomic E-state index is -3.62. The van der Waals surface area contributed by atoms with E-state index < -0.39 is 70.6 Å². The summed E-state index contributed by atoms with van der Waals surface area (Å²) in [4.78, 5) is 51.6. The second kappa shape index (κ2) is 15.5. The largest absolute Gasteiger partial charge is 0.497 e. The summed E-state index contributed by atoms with van der Waals surface area (Å²) >= 11 is 0. The van der Waals surface area contributed by atoms with E-state index in [1.165, 1.54) is 18.1 Å². The highest BCUT2D eigenvalue weighted by Crippen LogP contribution is 2.49. The van der Waals surface area contributed by atoms with Crippen LogP contribution in [0.1, 0.15) is 79.8 Å². The molecule has 11 nitrogen and oxygen atoms in total. The van der Waals surface area contributed by atoms with Crippen LogP contribution >= 0.6 is 0 Å². The van der Waals surface area contributed by atoms with Crippen LogP contribution in [0.5, 0.6) is 11.6 Å². The average molecular weight is 715 g/mol. The molecule has 1 aliphatic heterocycles. The van der Waals surface area contributed by atoms with Gasteiger partial charge in [-0.25, -0.2) is 19.6 Å². The van der Waals surface area contributed by atoms with Gasteiger partial charge in [0.1, 0.15) is 29.5 Å². The van der Waals surface area contributed by atoms with E-state index in [0.717, 1.165) is 12.8 Å². The fraction of sp³-hybridized carbons (Fsp3) is 0.605. The van der Waals surface area contributed by atoms with Crippen LogP contribution in [0.4, 0.5) is 13.6 Å². The highest BCUT2D eigenvalue weighted by molar-refractivity contribution is 5.91. The molecule has 1 aromatic carbocycles. The number of hydrogen-bond acceptors (Lipinski definition) is 9. The number of alkyl halides is 2. The van der Waals surface area contributed by atoms with Crippen molar-refractivity contribution in [2.75, 3.05) is 20.3 Å². The lowest BCUT2D eigenvalue weighted by atomic mass is 9.85. The van der Waals surface area contributed by atoms with Gasteiger partial charge >= 0.3 is 18.0 Å². The Morgan fingerprint density at radius 3 is 2.45 bits per heavy atom. The van der Waals surface area contributed by atoms with Crippen molar-refractivity contribution in [2.45, 2.75) is 104 Å². The van der Waals surface area contributed by atoms with Crippen molar-refractivity contribution < 1.29 is 42.1 Å². The summed E-state index contributed by atoms with van der Waals surface area (Å²) in [6.45, 7) is 19.8. The number of allylic oxidation sites excluding steroid dienone is 2. The van der Waals surface area contributed by atoms with E-state index in [4.69, 9.17) is 18.9 Å². The topological polar surface area (TPSA) is 129 Å². The summed E-state index contributed by atoms with van der Waals surface area (Å²) in [5, 5.41) is 2.77. The third kappa shape index (κ3) is 8.96. The van der Waals surface area contributed by atoms with Crippen LogP contribution in [-0.2, 0) is 25.0 Å². The summed E-state index contributed by atoms with van der Waals surface area (Å²) in [6, 6.07) is 2.37. The Hall–Kier alpha value is -4.29. The zero-order chi connectivity index (χ0) is 37.9. The lowest BCUT2D eigenvalue weighted by Crippen LogP contribution is -2.57. The first-order valence-electron chi connectivity index (χ1n) is 17.5. The lowest BCUT2D eigenvalue weighted by molar-refractivity contribution is -0.157. The van der Waals surface area contributed by atoms with Crippen LogP contribution in [0.15, 0.2) is 43.5 Å². The number of methoxy groups -OCH3 is 1.